The number of aromatic amines is 1. The van der Waals surface area contributed by atoms with Gasteiger partial charge in [0.1, 0.15) is 17.8 Å². The Kier molecular flexibility index (Phi) is 7.22. The van der Waals surface area contributed by atoms with Gasteiger partial charge in [-0.25, -0.2) is 9.97 Å². The first-order valence-electron chi connectivity index (χ1n) is 12.5. The molecule has 3 fully saturated rings. The van der Waals surface area contributed by atoms with Crippen LogP contribution in [0.4, 0.5) is 5.82 Å². The van der Waals surface area contributed by atoms with Gasteiger partial charge >= 0.3 is 0 Å². The summed E-state index contributed by atoms with van der Waals surface area (Å²) >= 11 is 0. The van der Waals surface area contributed by atoms with E-state index in [1.165, 1.54) is 0 Å². The van der Waals surface area contributed by atoms with Gasteiger partial charge < -0.3 is 14.6 Å². The maximum Gasteiger partial charge on any atom is 0.282 e. The highest BCUT2D eigenvalue weighted by atomic mass is 32.2. The Morgan fingerprint density at radius 1 is 1.14 bits per heavy atom. The average Bonchev–Trinajstić information content (AvgIpc) is 3.44. The van der Waals surface area contributed by atoms with Crippen LogP contribution in [0.3, 0.4) is 0 Å². The van der Waals surface area contributed by atoms with Gasteiger partial charge in [0.15, 0.2) is 0 Å². The van der Waals surface area contributed by atoms with Gasteiger partial charge in [-0.2, -0.15) is 22.3 Å². The van der Waals surface area contributed by atoms with Crippen LogP contribution in [-0.2, 0) is 14.9 Å². The van der Waals surface area contributed by atoms with Gasteiger partial charge in [0, 0.05) is 65.0 Å². The SMILES string of the molecule is N#CCCCCN(CCN1CCOCC1)S(=O)(=O)N1CCN(c2ncnc3[nH]ccc23)CC12CC2. The number of piperazine rings is 1. The summed E-state index contributed by atoms with van der Waals surface area (Å²) in [6.07, 6.45) is 6.98. The zero-order valence-electron chi connectivity index (χ0n) is 20.1. The second-order valence-corrected chi connectivity index (χ2v) is 11.5. The van der Waals surface area contributed by atoms with Crippen LogP contribution in [0.1, 0.15) is 32.1 Å². The normalized spacial score (nSPS) is 21.1. The smallest absolute Gasteiger partial charge is 0.282 e. The number of aromatic nitrogens is 3. The molecule has 1 N–H and O–H groups in total. The lowest BCUT2D eigenvalue weighted by Gasteiger charge is -2.43. The lowest BCUT2D eigenvalue weighted by atomic mass is 10.2. The van der Waals surface area contributed by atoms with Gasteiger partial charge in [-0.1, -0.05) is 0 Å². The van der Waals surface area contributed by atoms with Crippen LogP contribution in [-0.4, -0.2) is 108 Å². The van der Waals surface area contributed by atoms with E-state index in [1.807, 2.05) is 12.3 Å². The number of nitriles is 1. The number of anilines is 1. The number of H-pyrrole nitrogens is 1. The van der Waals surface area contributed by atoms with Crippen molar-refractivity contribution in [3.63, 3.8) is 0 Å². The number of ether oxygens (including phenoxy) is 1. The molecule has 1 aliphatic carbocycles. The molecule has 11 nitrogen and oxygen atoms in total. The Balaban J connectivity index is 1.31. The highest BCUT2D eigenvalue weighted by Gasteiger charge is 2.57. The molecule has 0 aromatic carbocycles. The summed E-state index contributed by atoms with van der Waals surface area (Å²) in [6, 6.07) is 4.14. The van der Waals surface area contributed by atoms with Crippen molar-refractivity contribution in [3.05, 3.63) is 18.6 Å². The Bertz CT molecular complexity index is 1150. The summed E-state index contributed by atoms with van der Waals surface area (Å²) < 4.78 is 36.8. The number of unbranched alkanes of at least 4 members (excludes halogenated alkanes) is 2. The monoisotopic (exact) mass is 502 g/mol. The van der Waals surface area contributed by atoms with E-state index in [0.717, 1.165) is 42.8 Å². The zero-order chi connectivity index (χ0) is 24.3. The summed E-state index contributed by atoms with van der Waals surface area (Å²) in [5.41, 5.74) is 0.413. The van der Waals surface area contributed by atoms with Crippen molar-refractivity contribution in [3.8, 4) is 6.07 Å². The van der Waals surface area contributed by atoms with Crippen LogP contribution < -0.4 is 4.90 Å². The summed E-state index contributed by atoms with van der Waals surface area (Å²) in [5.74, 6) is 0.861. The lowest BCUT2D eigenvalue weighted by Crippen LogP contribution is -2.60. The molecule has 0 amide bonds. The number of nitrogens with one attached hydrogen (secondary N) is 1. The molecule has 2 aromatic heterocycles. The van der Waals surface area contributed by atoms with E-state index in [4.69, 9.17) is 10.00 Å². The van der Waals surface area contributed by atoms with Crippen molar-refractivity contribution in [2.24, 2.45) is 0 Å². The molecule has 3 aliphatic rings. The Morgan fingerprint density at radius 3 is 2.74 bits per heavy atom. The molecule has 12 heteroatoms. The fraction of sp³-hybridized carbons (Fsp3) is 0.696. The number of rotatable bonds is 10. The molecule has 0 unspecified atom stereocenters. The van der Waals surface area contributed by atoms with E-state index in [2.05, 4.69) is 30.8 Å². The molecule has 4 heterocycles. The van der Waals surface area contributed by atoms with Gasteiger partial charge in [0.2, 0.25) is 0 Å². The first-order valence-corrected chi connectivity index (χ1v) is 13.9. The van der Waals surface area contributed by atoms with E-state index in [1.54, 1.807) is 14.9 Å². The zero-order valence-corrected chi connectivity index (χ0v) is 20.9. The molecular formula is C23H34N8O3S. The van der Waals surface area contributed by atoms with Gasteiger partial charge in [0.25, 0.3) is 10.2 Å². The average molecular weight is 503 g/mol. The first kappa shape index (κ1) is 24.4. The number of fused-ring (bicyclic) bond motifs is 1. The van der Waals surface area contributed by atoms with E-state index < -0.39 is 10.2 Å². The van der Waals surface area contributed by atoms with Crippen LogP contribution >= 0.6 is 0 Å². The Labute approximate surface area is 206 Å². The largest absolute Gasteiger partial charge is 0.379 e. The highest BCUT2D eigenvalue weighted by molar-refractivity contribution is 7.86. The van der Waals surface area contributed by atoms with Gasteiger partial charge in [-0.15, -0.1) is 0 Å². The van der Waals surface area contributed by atoms with Crippen LogP contribution in [0, 0.1) is 11.3 Å². The number of hydrogen-bond donors (Lipinski definition) is 1. The molecule has 1 saturated carbocycles. The predicted molar refractivity (Wildman–Crippen MR) is 132 cm³/mol. The topological polar surface area (TPSA) is 122 Å². The minimum atomic E-state index is -3.63. The van der Waals surface area contributed by atoms with Crippen molar-refractivity contribution in [2.45, 2.75) is 37.6 Å². The van der Waals surface area contributed by atoms with Crippen LogP contribution in [0.2, 0.25) is 0 Å². The van der Waals surface area contributed by atoms with Crippen molar-refractivity contribution < 1.29 is 13.2 Å². The molecule has 0 bridgehead atoms. The standard InChI is InChI=1S/C23H34N8O3S/c24-7-2-1-3-9-30(12-10-28-14-16-34-17-15-28)35(32,33)31-13-11-29(18-23(31)5-6-23)22-20-4-8-25-21(20)26-19-27-22/h4,8,19H,1-3,5-6,9-18H2,(H,25,26,27). The molecule has 5 rings (SSSR count). The van der Waals surface area contributed by atoms with Crippen molar-refractivity contribution in [1.29, 1.82) is 5.26 Å². The molecule has 0 radical (unpaired) electrons. The molecular weight excluding hydrogens is 468 g/mol. The third-order valence-electron chi connectivity index (χ3n) is 7.37. The molecule has 190 valence electrons. The first-order chi connectivity index (χ1) is 17.0. The van der Waals surface area contributed by atoms with Crippen LogP contribution in [0.5, 0.6) is 0 Å². The lowest BCUT2D eigenvalue weighted by molar-refractivity contribution is 0.0360. The second kappa shape index (κ2) is 10.4. The third kappa shape index (κ3) is 5.15. The Hall–Kier alpha value is -2.30. The fourth-order valence-electron chi connectivity index (χ4n) is 5.22. The Morgan fingerprint density at radius 2 is 1.97 bits per heavy atom. The number of nitrogens with zero attached hydrogens (tertiary/aromatic N) is 7. The van der Waals surface area contributed by atoms with E-state index in [-0.39, 0.29) is 5.54 Å². The highest BCUT2D eigenvalue weighted by Crippen LogP contribution is 2.47. The van der Waals surface area contributed by atoms with Gasteiger partial charge in [-0.3, -0.25) is 4.90 Å². The summed E-state index contributed by atoms with van der Waals surface area (Å²) in [5, 5.41) is 9.85. The predicted octanol–water partition coefficient (Wildman–Crippen LogP) is 1.19. The van der Waals surface area contributed by atoms with E-state index in [0.29, 0.717) is 71.7 Å². The summed E-state index contributed by atoms with van der Waals surface area (Å²) in [4.78, 5) is 16.4. The maximum absolute atomic E-state index is 14.0. The second-order valence-electron chi connectivity index (χ2n) is 9.63. The molecule has 35 heavy (non-hydrogen) atoms. The van der Waals surface area contributed by atoms with Crippen LogP contribution in [0.15, 0.2) is 18.6 Å². The maximum atomic E-state index is 14.0. The molecule has 2 aliphatic heterocycles. The molecule has 0 atom stereocenters. The third-order valence-corrected chi connectivity index (χ3v) is 9.51. The van der Waals surface area contributed by atoms with Crippen molar-refractivity contribution in [2.75, 3.05) is 70.5 Å². The van der Waals surface area contributed by atoms with Gasteiger partial charge in [-0.05, 0) is 31.7 Å². The molecule has 1 spiro atoms. The summed E-state index contributed by atoms with van der Waals surface area (Å²) in [7, 11) is -3.63. The minimum absolute atomic E-state index is 0.380. The molecule has 2 saturated heterocycles. The van der Waals surface area contributed by atoms with Crippen molar-refractivity contribution >= 4 is 27.1 Å². The number of morpholine rings is 1. The molecule has 2 aromatic rings. The summed E-state index contributed by atoms with van der Waals surface area (Å²) in [6.45, 7) is 6.30. The van der Waals surface area contributed by atoms with E-state index >= 15 is 0 Å². The van der Waals surface area contributed by atoms with Gasteiger partial charge in [0.05, 0.1) is 30.2 Å². The minimum Gasteiger partial charge on any atom is -0.379 e. The number of hydrogen-bond acceptors (Lipinski definition) is 8. The quantitative estimate of drug-likeness (QED) is 0.481. The fourth-order valence-corrected chi connectivity index (χ4v) is 7.21. The van der Waals surface area contributed by atoms with Crippen LogP contribution in [0.25, 0.3) is 11.0 Å². The van der Waals surface area contributed by atoms with E-state index in [9.17, 15) is 8.42 Å². The van der Waals surface area contributed by atoms with Crippen molar-refractivity contribution in [1.82, 2.24) is 28.5 Å².